The van der Waals surface area contributed by atoms with Gasteiger partial charge in [-0.2, -0.15) is 5.26 Å². The summed E-state index contributed by atoms with van der Waals surface area (Å²) in [6.07, 6.45) is 3.05. The van der Waals surface area contributed by atoms with Gasteiger partial charge in [-0.25, -0.2) is 0 Å². The highest BCUT2D eigenvalue weighted by atomic mass is 16.5. The van der Waals surface area contributed by atoms with Gasteiger partial charge in [0, 0.05) is 6.42 Å². The topological polar surface area (TPSA) is 53.3 Å². The molecule has 1 aliphatic rings. The van der Waals surface area contributed by atoms with Crippen molar-refractivity contribution in [2.24, 2.45) is 0 Å². The van der Waals surface area contributed by atoms with Crippen molar-refractivity contribution < 1.29 is 9.53 Å². The monoisotopic (exact) mass is 256 g/mol. The van der Waals surface area contributed by atoms with Crippen molar-refractivity contribution in [3.8, 4) is 11.8 Å². The Labute approximate surface area is 112 Å². The number of rotatable bonds is 5. The van der Waals surface area contributed by atoms with Crippen LogP contribution in [0.25, 0.3) is 0 Å². The number of ether oxygens (including phenoxy) is 1. The van der Waals surface area contributed by atoms with Crippen LogP contribution < -0.4 is 4.74 Å². The third-order valence-electron chi connectivity index (χ3n) is 3.05. The minimum Gasteiger partial charge on any atom is -0.487 e. The number of amides is 1. The predicted molar refractivity (Wildman–Crippen MR) is 71.6 cm³/mol. The molecule has 0 atom stereocenters. The Bertz CT molecular complexity index is 496. The van der Waals surface area contributed by atoms with E-state index in [4.69, 9.17) is 10.00 Å². The van der Waals surface area contributed by atoms with E-state index in [0.29, 0.717) is 25.1 Å². The van der Waals surface area contributed by atoms with Gasteiger partial charge >= 0.3 is 0 Å². The minimum atomic E-state index is 0.0561. The Balaban J connectivity index is 1.76. The molecule has 0 N–H and O–H groups in total. The zero-order chi connectivity index (χ0) is 13.7. The largest absolute Gasteiger partial charge is 0.487 e. The second-order valence-corrected chi connectivity index (χ2v) is 4.50. The molecule has 0 unspecified atom stereocenters. The normalized spacial score (nSPS) is 14.4. The van der Waals surface area contributed by atoms with Crippen molar-refractivity contribution >= 4 is 5.91 Å². The first-order chi connectivity index (χ1) is 9.22. The zero-order valence-electron chi connectivity index (χ0n) is 10.7. The Morgan fingerprint density at radius 3 is 2.74 bits per heavy atom. The molecular weight excluding hydrogens is 240 g/mol. The summed E-state index contributed by atoms with van der Waals surface area (Å²) in [6.45, 7) is 4.87. The van der Waals surface area contributed by atoms with Gasteiger partial charge in [-0.05, 0) is 30.7 Å². The van der Waals surface area contributed by atoms with Crippen LogP contribution in [-0.2, 0) is 4.79 Å². The van der Waals surface area contributed by atoms with Crippen molar-refractivity contribution in [2.45, 2.75) is 18.9 Å². The second kappa shape index (κ2) is 6.05. The summed E-state index contributed by atoms with van der Waals surface area (Å²) >= 11 is 0. The summed E-state index contributed by atoms with van der Waals surface area (Å²) in [5.41, 5.74) is 0.613. The molecule has 2 rings (SSSR count). The molecule has 98 valence electrons. The van der Waals surface area contributed by atoms with Crippen LogP contribution in [0.3, 0.4) is 0 Å². The zero-order valence-corrected chi connectivity index (χ0v) is 10.7. The number of carbonyl (C=O) groups excluding carboxylic acids is 1. The third-order valence-corrected chi connectivity index (χ3v) is 3.05. The maximum Gasteiger partial charge on any atom is 0.223 e. The Morgan fingerprint density at radius 2 is 2.16 bits per heavy atom. The molecule has 19 heavy (non-hydrogen) atoms. The minimum absolute atomic E-state index is 0.0561. The van der Waals surface area contributed by atoms with Crippen LogP contribution in [0, 0.1) is 11.3 Å². The fraction of sp³-hybridized carbons (Fsp3) is 0.333. The van der Waals surface area contributed by atoms with E-state index in [2.05, 4.69) is 12.6 Å². The predicted octanol–water partition coefficient (Wildman–Crippen LogP) is 2.11. The van der Waals surface area contributed by atoms with Crippen molar-refractivity contribution in [3.05, 3.63) is 42.5 Å². The maximum atomic E-state index is 11.7. The van der Waals surface area contributed by atoms with E-state index in [1.807, 2.05) is 0 Å². The SMILES string of the molecule is C=CCCC(=O)N1CC(Oc2ccc(C#N)cc2)C1. The highest BCUT2D eigenvalue weighted by molar-refractivity contribution is 5.77. The number of nitrogens with zero attached hydrogens (tertiary/aromatic N) is 2. The molecule has 0 spiro atoms. The van der Waals surface area contributed by atoms with Crippen LogP contribution in [-0.4, -0.2) is 30.0 Å². The highest BCUT2D eigenvalue weighted by Crippen LogP contribution is 2.19. The van der Waals surface area contributed by atoms with Crippen LogP contribution in [0.2, 0.25) is 0 Å². The van der Waals surface area contributed by atoms with Crippen molar-refractivity contribution in [2.75, 3.05) is 13.1 Å². The van der Waals surface area contributed by atoms with Crippen LogP contribution >= 0.6 is 0 Å². The highest BCUT2D eigenvalue weighted by Gasteiger charge is 2.31. The van der Waals surface area contributed by atoms with E-state index >= 15 is 0 Å². The van der Waals surface area contributed by atoms with Gasteiger partial charge in [-0.15, -0.1) is 6.58 Å². The molecule has 0 radical (unpaired) electrons. The van der Waals surface area contributed by atoms with E-state index in [-0.39, 0.29) is 12.0 Å². The van der Waals surface area contributed by atoms with Gasteiger partial charge in [0.05, 0.1) is 24.7 Å². The number of benzene rings is 1. The van der Waals surface area contributed by atoms with Crippen molar-refractivity contribution in [1.29, 1.82) is 5.26 Å². The fourth-order valence-electron chi connectivity index (χ4n) is 1.90. The Kier molecular flexibility index (Phi) is 4.19. The molecule has 0 aromatic heterocycles. The maximum absolute atomic E-state index is 11.7. The summed E-state index contributed by atoms with van der Waals surface area (Å²) in [5.74, 6) is 0.891. The van der Waals surface area contributed by atoms with Crippen LogP contribution in [0.1, 0.15) is 18.4 Å². The molecule has 4 nitrogen and oxygen atoms in total. The second-order valence-electron chi connectivity index (χ2n) is 4.50. The lowest BCUT2D eigenvalue weighted by Crippen LogP contribution is -2.56. The molecular formula is C15H16N2O2. The average molecular weight is 256 g/mol. The van der Waals surface area contributed by atoms with Gasteiger partial charge in [-0.3, -0.25) is 4.79 Å². The van der Waals surface area contributed by atoms with Gasteiger partial charge in [0.25, 0.3) is 0 Å². The molecule has 1 aromatic carbocycles. The molecule has 1 heterocycles. The molecule has 0 saturated carbocycles. The summed E-state index contributed by atoms with van der Waals surface area (Å²) < 4.78 is 5.71. The smallest absolute Gasteiger partial charge is 0.223 e. The summed E-state index contributed by atoms with van der Waals surface area (Å²) in [5, 5.41) is 8.69. The lowest BCUT2D eigenvalue weighted by Gasteiger charge is -2.39. The molecule has 1 fully saturated rings. The molecule has 0 aliphatic carbocycles. The van der Waals surface area contributed by atoms with Gasteiger partial charge < -0.3 is 9.64 Å². The number of nitriles is 1. The van der Waals surface area contributed by atoms with Crippen LogP contribution in [0.15, 0.2) is 36.9 Å². The average Bonchev–Trinajstić information content (AvgIpc) is 2.40. The molecule has 1 saturated heterocycles. The summed E-state index contributed by atoms with van der Waals surface area (Å²) in [4.78, 5) is 13.4. The lowest BCUT2D eigenvalue weighted by molar-refractivity contribution is -0.139. The Morgan fingerprint density at radius 1 is 1.47 bits per heavy atom. The third kappa shape index (κ3) is 3.35. The first kappa shape index (κ1) is 13.2. The van der Waals surface area contributed by atoms with E-state index in [9.17, 15) is 4.79 Å². The number of hydrogen-bond acceptors (Lipinski definition) is 3. The van der Waals surface area contributed by atoms with E-state index < -0.39 is 0 Å². The molecule has 0 bridgehead atoms. The fourth-order valence-corrected chi connectivity index (χ4v) is 1.90. The van der Waals surface area contributed by atoms with Gasteiger partial charge in [0.2, 0.25) is 5.91 Å². The Hall–Kier alpha value is -2.28. The van der Waals surface area contributed by atoms with Crippen molar-refractivity contribution in [3.63, 3.8) is 0 Å². The van der Waals surface area contributed by atoms with E-state index in [1.54, 1.807) is 35.2 Å². The molecule has 1 aliphatic heterocycles. The van der Waals surface area contributed by atoms with Gasteiger partial charge in [-0.1, -0.05) is 6.08 Å². The van der Waals surface area contributed by atoms with E-state index in [0.717, 1.165) is 12.2 Å². The summed E-state index contributed by atoms with van der Waals surface area (Å²) in [7, 11) is 0. The first-order valence-corrected chi connectivity index (χ1v) is 6.28. The summed E-state index contributed by atoms with van der Waals surface area (Å²) in [6, 6.07) is 9.06. The quantitative estimate of drug-likeness (QED) is 0.758. The molecule has 4 heteroatoms. The molecule has 1 amide bonds. The standard InChI is InChI=1S/C15H16N2O2/c1-2-3-4-15(18)17-10-14(11-17)19-13-7-5-12(9-16)6-8-13/h2,5-8,14H,1,3-4,10-11H2. The number of allylic oxidation sites excluding steroid dienone is 1. The number of hydrogen-bond donors (Lipinski definition) is 0. The van der Waals surface area contributed by atoms with Crippen molar-refractivity contribution in [1.82, 2.24) is 4.90 Å². The molecule has 1 aromatic rings. The van der Waals surface area contributed by atoms with Crippen LogP contribution in [0.5, 0.6) is 5.75 Å². The number of carbonyl (C=O) groups is 1. The number of likely N-dealkylation sites (tertiary alicyclic amines) is 1. The first-order valence-electron chi connectivity index (χ1n) is 6.28. The van der Waals surface area contributed by atoms with Gasteiger partial charge in [0.15, 0.2) is 0 Å². The van der Waals surface area contributed by atoms with E-state index in [1.165, 1.54) is 0 Å². The lowest BCUT2D eigenvalue weighted by atomic mass is 10.1. The van der Waals surface area contributed by atoms with Gasteiger partial charge in [0.1, 0.15) is 11.9 Å². The van der Waals surface area contributed by atoms with Crippen LogP contribution in [0.4, 0.5) is 0 Å².